The predicted molar refractivity (Wildman–Crippen MR) is 66.0 cm³/mol. The fourth-order valence-corrected chi connectivity index (χ4v) is 2.92. The van der Waals surface area contributed by atoms with E-state index in [9.17, 15) is 22.0 Å². The van der Waals surface area contributed by atoms with Crippen molar-refractivity contribution in [2.75, 3.05) is 0 Å². The Morgan fingerprint density at radius 2 is 1.75 bits per heavy atom. The zero-order chi connectivity index (χ0) is 15.3. The molecule has 2 atom stereocenters. The van der Waals surface area contributed by atoms with Gasteiger partial charge in [-0.25, -0.2) is 22.0 Å². The van der Waals surface area contributed by atoms with E-state index in [0.29, 0.717) is 12.1 Å². The molecule has 1 aliphatic carbocycles. The summed E-state index contributed by atoms with van der Waals surface area (Å²) in [7, 11) is 0. The second kappa shape index (κ2) is 4.72. The topological polar surface area (TPSA) is 0 Å². The van der Waals surface area contributed by atoms with Gasteiger partial charge in [-0.1, -0.05) is 31.5 Å². The van der Waals surface area contributed by atoms with Crippen molar-refractivity contribution in [1.82, 2.24) is 0 Å². The molecule has 2 rings (SSSR count). The van der Waals surface area contributed by atoms with Gasteiger partial charge in [-0.2, -0.15) is 0 Å². The molecule has 20 heavy (non-hydrogen) atoms. The predicted octanol–water partition coefficient (Wildman–Crippen LogP) is 5.22. The van der Waals surface area contributed by atoms with Crippen LogP contribution in [0.1, 0.15) is 19.4 Å². The summed E-state index contributed by atoms with van der Waals surface area (Å²) in [4.78, 5) is 0. The standard InChI is InChI=1S/C14H12ClF5/c1-13(2)8(5-6-15)12(13)14(19,20)7-3-4-9(16)11(18)10(7)17/h3-6,8,12H,1-2H3/t8-,12-/m1/s1. The molecule has 0 spiro atoms. The van der Waals surface area contributed by atoms with Crippen LogP contribution in [0.15, 0.2) is 23.7 Å². The van der Waals surface area contributed by atoms with Crippen LogP contribution in [0.4, 0.5) is 22.0 Å². The fourth-order valence-electron chi connectivity index (χ4n) is 2.76. The molecule has 0 radical (unpaired) electrons. The average molecular weight is 311 g/mol. The lowest BCUT2D eigenvalue weighted by Gasteiger charge is -2.19. The van der Waals surface area contributed by atoms with Crippen LogP contribution in [0, 0.1) is 34.7 Å². The van der Waals surface area contributed by atoms with Crippen LogP contribution in [0.2, 0.25) is 0 Å². The molecule has 0 nitrogen and oxygen atoms in total. The van der Waals surface area contributed by atoms with E-state index < -0.39 is 46.2 Å². The molecule has 0 aliphatic heterocycles. The lowest BCUT2D eigenvalue weighted by Crippen LogP contribution is -2.22. The van der Waals surface area contributed by atoms with E-state index in [4.69, 9.17) is 11.6 Å². The molecule has 0 N–H and O–H groups in total. The van der Waals surface area contributed by atoms with E-state index in [1.807, 2.05) is 0 Å². The van der Waals surface area contributed by atoms with Crippen molar-refractivity contribution in [3.63, 3.8) is 0 Å². The molecule has 0 unspecified atom stereocenters. The number of rotatable bonds is 3. The first-order valence-corrected chi connectivity index (χ1v) is 6.38. The highest BCUT2D eigenvalue weighted by Crippen LogP contribution is 2.68. The first-order valence-electron chi connectivity index (χ1n) is 5.94. The zero-order valence-corrected chi connectivity index (χ0v) is 11.5. The largest absolute Gasteiger partial charge is 0.280 e. The molecule has 1 aromatic carbocycles. The first-order chi connectivity index (χ1) is 9.15. The Bertz CT molecular complexity index is 565. The summed E-state index contributed by atoms with van der Waals surface area (Å²) in [6.07, 6.45) is 1.40. The fraction of sp³-hybridized carbons (Fsp3) is 0.429. The summed E-state index contributed by atoms with van der Waals surface area (Å²) in [5.41, 5.74) is -0.795. The maximum absolute atomic E-state index is 14.4. The molecule has 1 fully saturated rings. The van der Waals surface area contributed by atoms with Crippen LogP contribution in [-0.2, 0) is 5.92 Å². The van der Waals surface area contributed by atoms with Gasteiger partial charge >= 0.3 is 0 Å². The minimum Gasteiger partial charge on any atom is -0.204 e. The molecule has 1 aromatic rings. The van der Waals surface area contributed by atoms with Crippen LogP contribution in [-0.4, -0.2) is 0 Å². The van der Waals surface area contributed by atoms with Gasteiger partial charge < -0.3 is 0 Å². The monoisotopic (exact) mass is 310 g/mol. The molecular formula is C14H12ClF5. The Morgan fingerprint density at radius 1 is 1.15 bits per heavy atom. The van der Waals surface area contributed by atoms with Crippen LogP contribution in [0.3, 0.4) is 0 Å². The third-order valence-corrected chi connectivity index (χ3v) is 4.12. The van der Waals surface area contributed by atoms with E-state index in [-0.39, 0.29) is 0 Å². The quantitative estimate of drug-likeness (QED) is 0.530. The second-order valence-corrected chi connectivity index (χ2v) is 5.74. The van der Waals surface area contributed by atoms with Gasteiger partial charge in [0.2, 0.25) is 0 Å². The highest BCUT2D eigenvalue weighted by atomic mass is 35.5. The van der Waals surface area contributed by atoms with E-state index in [2.05, 4.69) is 0 Å². The van der Waals surface area contributed by atoms with Crippen molar-refractivity contribution in [1.29, 1.82) is 0 Å². The van der Waals surface area contributed by atoms with Crippen molar-refractivity contribution >= 4 is 11.6 Å². The molecule has 0 amide bonds. The van der Waals surface area contributed by atoms with Gasteiger partial charge in [0, 0.05) is 11.5 Å². The number of hydrogen-bond donors (Lipinski definition) is 0. The highest BCUT2D eigenvalue weighted by Gasteiger charge is 2.68. The van der Waals surface area contributed by atoms with E-state index in [0.717, 1.165) is 5.54 Å². The third kappa shape index (κ3) is 2.12. The summed E-state index contributed by atoms with van der Waals surface area (Å²) < 4.78 is 68.3. The Kier molecular flexibility index (Phi) is 3.61. The molecule has 0 bridgehead atoms. The van der Waals surface area contributed by atoms with E-state index in [1.165, 1.54) is 6.08 Å². The smallest absolute Gasteiger partial charge is 0.204 e. The van der Waals surface area contributed by atoms with Gasteiger partial charge in [0.15, 0.2) is 17.5 Å². The van der Waals surface area contributed by atoms with Crippen molar-refractivity contribution in [3.05, 3.63) is 46.8 Å². The molecule has 1 aliphatic rings. The van der Waals surface area contributed by atoms with Gasteiger partial charge in [0.1, 0.15) is 0 Å². The summed E-state index contributed by atoms with van der Waals surface area (Å²) in [6.45, 7) is 3.18. The third-order valence-electron chi connectivity index (χ3n) is 3.98. The Hall–Kier alpha value is -1.10. The number of benzene rings is 1. The lowest BCUT2D eigenvalue weighted by molar-refractivity contribution is -0.0452. The van der Waals surface area contributed by atoms with Crippen molar-refractivity contribution in [2.24, 2.45) is 17.3 Å². The summed E-state index contributed by atoms with van der Waals surface area (Å²) in [5.74, 6) is -10.6. The molecule has 0 aromatic heterocycles. The molecule has 1 saturated carbocycles. The minimum atomic E-state index is -3.61. The summed E-state index contributed by atoms with van der Waals surface area (Å²) in [5, 5.41) is 0. The number of allylic oxidation sites excluding steroid dienone is 1. The molecular weight excluding hydrogens is 299 g/mol. The van der Waals surface area contributed by atoms with Gasteiger partial charge in [-0.15, -0.1) is 0 Å². The summed E-state index contributed by atoms with van der Waals surface area (Å²) in [6, 6.07) is 1.09. The van der Waals surface area contributed by atoms with Crippen LogP contribution >= 0.6 is 11.6 Å². The maximum Gasteiger partial charge on any atom is 0.280 e. The van der Waals surface area contributed by atoms with Gasteiger partial charge in [0.05, 0.1) is 5.56 Å². The Labute approximate surface area is 118 Å². The van der Waals surface area contributed by atoms with Crippen molar-refractivity contribution in [2.45, 2.75) is 19.8 Å². The Morgan fingerprint density at radius 3 is 2.30 bits per heavy atom. The van der Waals surface area contributed by atoms with E-state index in [1.54, 1.807) is 13.8 Å². The normalized spacial score (nSPS) is 25.2. The first kappa shape index (κ1) is 15.3. The van der Waals surface area contributed by atoms with E-state index >= 15 is 0 Å². The van der Waals surface area contributed by atoms with Gasteiger partial charge in [0.25, 0.3) is 5.92 Å². The lowest BCUT2D eigenvalue weighted by atomic mass is 9.98. The average Bonchev–Trinajstić information content (AvgIpc) is 2.89. The number of halogens is 6. The van der Waals surface area contributed by atoms with Gasteiger partial charge in [-0.3, -0.25) is 0 Å². The van der Waals surface area contributed by atoms with Crippen molar-refractivity contribution in [3.8, 4) is 0 Å². The molecule has 6 heteroatoms. The Balaban J connectivity index is 2.45. The molecule has 0 heterocycles. The highest BCUT2D eigenvalue weighted by molar-refractivity contribution is 6.25. The van der Waals surface area contributed by atoms with Crippen LogP contribution < -0.4 is 0 Å². The second-order valence-electron chi connectivity index (χ2n) is 5.49. The molecule has 110 valence electrons. The zero-order valence-electron chi connectivity index (χ0n) is 10.7. The van der Waals surface area contributed by atoms with Crippen molar-refractivity contribution < 1.29 is 22.0 Å². The van der Waals surface area contributed by atoms with Crippen LogP contribution in [0.25, 0.3) is 0 Å². The molecule has 0 saturated heterocycles. The maximum atomic E-state index is 14.4. The van der Waals surface area contributed by atoms with Crippen LogP contribution in [0.5, 0.6) is 0 Å². The SMILES string of the molecule is CC1(C)[C@H](C=CCl)[C@H]1C(F)(F)c1ccc(F)c(F)c1F. The number of alkyl halides is 2. The minimum absolute atomic E-state index is 0.503. The number of hydrogen-bond acceptors (Lipinski definition) is 0. The van der Waals surface area contributed by atoms with Gasteiger partial charge in [-0.05, 0) is 23.5 Å². The summed E-state index contributed by atoms with van der Waals surface area (Å²) >= 11 is 5.39.